The Hall–Kier alpha value is -1.03. The van der Waals surface area contributed by atoms with Gasteiger partial charge in [-0.1, -0.05) is 12.2 Å². The second-order valence-corrected chi connectivity index (χ2v) is 3.25. The fraction of sp³-hybridized carbons (Fsp3) is 0.200. The number of rotatable bonds is 3. The van der Waals surface area contributed by atoms with Crippen molar-refractivity contribution in [3.05, 3.63) is 35.4 Å². The van der Waals surface area contributed by atoms with Gasteiger partial charge in [0.15, 0.2) is 0 Å². The zero-order valence-corrected chi connectivity index (χ0v) is 8.40. The van der Waals surface area contributed by atoms with E-state index >= 15 is 0 Å². The number of allylic oxidation sites excluding steroid dienone is 1. The minimum atomic E-state index is -0.661. The molecule has 76 valence electrons. The fourth-order valence-corrected chi connectivity index (χ4v) is 1.21. The van der Waals surface area contributed by atoms with E-state index in [2.05, 4.69) is 12.6 Å². The summed E-state index contributed by atoms with van der Waals surface area (Å²) in [6.07, 6.45) is 4.01. The van der Waals surface area contributed by atoms with Crippen LogP contribution in [0.25, 0.3) is 6.08 Å². The summed E-state index contributed by atoms with van der Waals surface area (Å²) in [5, 5.41) is 0. The first-order chi connectivity index (χ1) is 6.65. The van der Waals surface area contributed by atoms with Crippen molar-refractivity contribution in [2.45, 2.75) is 6.42 Å². The average molecular weight is 215 g/mol. The van der Waals surface area contributed by atoms with Gasteiger partial charge in [-0.15, -0.1) is 0 Å². The van der Waals surface area contributed by atoms with Gasteiger partial charge < -0.3 is 5.73 Å². The Bertz CT molecular complexity index is 327. The largest absolute Gasteiger partial charge is 0.398 e. The molecule has 0 amide bonds. The van der Waals surface area contributed by atoms with E-state index in [-0.39, 0.29) is 11.3 Å². The summed E-state index contributed by atoms with van der Waals surface area (Å²) >= 11 is 4.00. The van der Waals surface area contributed by atoms with E-state index in [1.165, 1.54) is 0 Å². The van der Waals surface area contributed by atoms with Crippen LogP contribution < -0.4 is 5.73 Å². The second kappa shape index (κ2) is 5.00. The first kappa shape index (κ1) is 11.0. The van der Waals surface area contributed by atoms with Gasteiger partial charge in [0.1, 0.15) is 11.6 Å². The molecule has 1 aromatic rings. The lowest BCUT2D eigenvalue weighted by Gasteiger charge is -2.02. The third kappa shape index (κ3) is 2.73. The first-order valence-corrected chi connectivity index (χ1v) is 4.80. The summed E-state index contributed by atoms with van der Waals surface area (Å²) in [4.78, 5) is 0. The van der Waals surface area contributed by atoms with Gasteiger partial charge in [-0.2, -0.15) is 12.6 Å². The topological polar surface area (TPSA) is 26.0 Å². The molecule has 0 saturated carbocycles. The maximum absolute atomic E-state index is 13.1. The molecule has 1 rings (SSSR count). The van der Waals surface area contributed by atoms with Crippen LogP contribution in [0.1, 0.15) is 12.0 Å². The highest BCUT2D eigenvalue weighted by molar-refractivity contribution is 7.80. The molecule has 0 aromatic heterocycles. The van der Waals surface area contributed by atoms with E-state index in [4.69, 9.17) is 5.73 Å². The molecular formula is C10H11F2NS. The van der Waals surface area contributed by atoms with Crippen LogP contribution in [0.3, 0.4) is 0 Å². The standard InChI is InChI=1S/C10H11F2NS/c11-7-5-9(12)8(10(13)6-7)3-1-2-4-14/h1,3,5-6,14H,2,4,13H2. The van der Waals surface area contributed by atoms with Crippen molar-refractivity contribution in [1.82, 2.24) is 0 Å². The summed E-state index contributed by atoms with van der Waals surface area (Å²) in [5.41, 5.74) is 5.79. The Kier molecular flexibility index (Phi) is 3.95. The molecule has 0 unspecified atom stereocenters. The Morgan fingerprint density at radius 1 is 1.36 bits per heavy atom. The predicted molar refractivity (Wildman–Crippen MR) is 58.3 cm³/mol. The summed E-state index contributed by atoms with van der Waals surface area (Å²) in [6, 6.07) is 1.92. The number of nitrogens with two attached hydrogens (primary N) is 1. The Labute approximate surface area is 87.0 Å². The zero-order valence-electron chi connectivity index (χ0n) is 7.50. The fourth-order valence-electron chi connectivity index (χ4n) is 1.06. The molecular weight excluding hydrogens is 204 g/mol. The van der Waals surface area contributed by atoms with Crippen molar-refractivity contribution in [3.8, 4) is 0 Å². The highest BCUT2D eigenvalue weighted by Gasteiger charge is 2.05. The summed E-state index contributed by atoms with van der Waals surface area (Å²) in [7, 11) is 0. The van der Waals surface area contributed by atoms with Crippen LogP contribution in [0, 0.1) is 11.6 Å². The van der Waals surface area contributed by atoms with E-state index in [0.29, 0.717) is 5.75 Å². The average Bonchev–Trinajstić information content (AvgIpc) is 2.09. The third-order valence-electron chi connectivity index (χ3n) is 1.71. The molecule has 0 aliphatic rings. The van der Waals surface area contributed by atoms with Gasteiger partial charge in [-0.3, -0.25) is 0 Å². The van der Waals surface area contributed by atoms with Crippen LogP contribution in [0.4, 0.5) is 14.5 Å². The number of hydrogen-bond acceptors (Lipinski definition) is 2. The van der Waals surface area contributed by atoms with E-state index < -0.39 is 11.6 Å². The molecule has 0 spiro atoms. The van der Waals surface area contributed by atoms with Crippen molar-refractivity contribution >= 4 is 24.4 Å². The van der Waals surface area contributed by atoms with Crippen molar-refractivity contribution in [3.63, 3.8) is 0 Å². The predicted octanol–water partition coefficient (Wildman–Crippen LogP) is 2.88. The molecule has 0 atom stereocenters. The Morgan fingerprint density at radius 2 is 2.07 bits per heavy atom. The van der Waals surface area contributed by atoms with E-state index in [0.717, 1.165) is 18.6 Å². The van der Waals surface area contributed by atoms with Gasteiger partial charge in [0.05, 0.1) is 0 Å². The number of anilines is 1. The zero-order chi connectivity index (χ0) is 10.6. The Balaban J connectivity index is 2.96. The molecule has 0 aliphatic heterocycles. The molecule has 0 heterocycles. The third-order valence-corrected chi connectivity index (χ3v) is 1.96. The number of hydrogen-bond donors (Lipinski definition) is 2. The van der Waals surface area contributed by atoms with E-state index in [1.54, 1.807) is 12.2 Å². The Morgan fingerprint density at radius 3 is 2.64 bits per heavy atom. The molecule has 2 N–H and O–H groups in total. The molecule has 0 aliphatic carbocycles. The molecule has 0 saturated heterocycles. The molecule has 14 heavy (non-hydrogen) atoms. The van der Waals surface area contributed by atoms with Crippen molar-refractivity contribution in [2.75, 3.05) is 11.5 Å². The van der Waals surface area contributed by atoms with Gasteiger partial charge in [0.2, 0.25) is 0 Å². The van der Waals surface area contributed by atoms with Gasteiger partial charge in [0, 0.05) is 17.3 Å². The molecule has 0 radical (unpaired) electrons. The SMILES string of the molecule is Nc1cc(F)cc(F)c1C=CCCS. The molecule has 1 nitrogen and oxygen atoms in total. The lowest BCUT2D eigenvalue weighted by molar-refractivity contribution is 0.583. The smallest absolute Gasteiger partial charge is 0.135 e. The lowest BCUT2D eigenvalue weighted by atomic mass is 10.1. The van der Waals surface area contributed by atoms with Crippen LogP contribution in [0.5, 0.6) is 0 Å². The van der Waals surface area contributed by atoms with Crippen LogP contribution in [-0.2, 0) is 0 Å². The van der Waals surface area contributed by atoms with Gasteiger partial charge >= 0.3 is 0 Å². The van der Waals surface area contributed by atoms with Crippen LogP contribution in [0.2, 0.25) is 0 Å². The lowest BCUT2D eigenvalue weighted by Crippen LogP contribution is -1.94. The van der Waals surface area contributed by atoms with Crippen LogP contribution >= 0.6 is 12.6 Å². The summed E-state index contributed by atoms with van der Waals surface area (Å²) < 4.78 is 25.8. The molecule has 0 bridgehead atoms. The first-order valence-electron chi connectivity index (χ1n) is 4.17. The number of benzene rings is 1. The molecule has 4 heteroatoms. The number of nitrogen functional groups attached to an aromatic ring is 1. The molecule has 1 aromatic carbocycles. The van der Waals surface area contributed by atoms with Gasteiger partial charge in [-0.05, 0) is 18.2 Å². The quantitative estimate of drug-likeness (QED) is 0.588. The second-order valence-electron chi connectivity index (χ2n) is 2.81. The van der Waals surface area contributed by atoms with Crippen LogP contribution in [-0.4, -0.2) is 5.75 Å². The highest BCUT2D eigenvalue weighted by Crippen LogP contribution is 2.19. The highest BCUT2D eigenvalue weighted by atomic mass is 32.1. The normalized spacial score (nSPS) is 11.1. The van der Waals surface area contributed by atoms with Crippen molar-refractivity contribution in [1.29, 1.82) is 0 Å². The summed E-state index contributed by atoms with van der Waals surface area (Å²) in [5.74, 6) is -0.622. The van der Waals surface area contributed by atoms with Crippen molar-refractivity contribution in [2.24, 2.45) is 0 Å². The maximum Gasteiger partial charge on any atom is 0.135 e. The maximum atomic E-state index is 13.1. The van der Waals surface area contributed by atoms with Gasteiger partial charge in [-0.25, -0.2) is 8.78 Å². The monoisotopic (exact) mass is 215 g/mol. The minimum Gasteiger partial charge on any atom is -0.398 e. The van der Waals surface area contributed by atoms with Crippen LogP contribution in [0.15, 0.2) is 18.2 Å². The van der Waals surface area contributed by atoms with E-state index in [1.807, 2.05) is 0 Å². The number of halogens is 2. The van der Waals surface area contributed by atoms with Crippen molar-refractivity contribution < 1.29 is 8.78 Å². The molecule has 0 fully saturated rings. The number of thiol groups is 1. The van der Waals surface area contributed by atoms with E-state index in [9.17, 15) is 8.78 Å². The van der Waals surface area contributed by atoms with Gasteiger partial charge in [0.25, 0.3) is 0 Å². The minimum absolute atomic E-state index is 0.109. The summed E-state index contributed by atoms with van der Waals surface area (Å²) in [6.45, 7) is 0.